The maximum atomic E-state index is 11.4. The van der Waals surface area contributed by atoms with Gasteiger partial charge in [0.15, 0.2) is 0 Å². The molecule has 96 valence electrons. The second kappa shape index (κ2) is 6.70. The Hall–Kier alpha value is -0.950. The number of rotatable bonds is 7. The van der Waals surface area contributed by atoms with Crippen molar-refractivity contribution in [2.24, 2.45) is 0 Å². The number of ether oxygens (including phenoxy) is 1. The molecule has 0 radical (unpaired) electrons. The molecule has 0 aliphatic heterocycles. The van der Waals surface area contributed by atoms with E-state index in [2.05, 4.69) is 9.44 Å². The quantitative estimate of drug-likeness (QED) is 0.761. The van der Waals surface area contributed by atoms with Gasteiger partial charge in [-0.25, -0.2) is 4.72 Å². The van der Waals surface area contributed by atoms with E-state index < -0.39 is 10.2 Å². The molecular formula is C11H18N2O3S. The summed E-state index contributed by atoms with van der Waals surface area (Å²) in [5.74, 6) is 0. The minimum Gasteiger partial charge on any atom is -0.375 e. The normalized spacial score (nSPS) is 13.5. The molecule has 5 nitrogen and oxygen atoms in total. The van der Waals surface area contributed by atoms with E-state index in [1.54, 1.807) is 14.0 Å². The summed E-state index contributed by atoms with van der Waals surface area (Å²) in [6, 6.07) is 9.48. The van der Waals surface area contributed by atoms with Crippen LogP contribution in [0, 0.1) is 0 Å². The minimum atomic E-state index is -3.42. The first kappa shape index (κ1) is 14.1. The third kappa shape index (κ3) is 4.82. The van der Waals surface area contributed by atoms with E-state index in [1.165, 1.54) is 0 Å². The molecule has 0 spiro atoms. The van der Waals surface area contributed by atoms with Crippen LogP contribution >= 0.6 is 0 Å². The third-order valence-electron chi connectivity index (χ3n) is 2.25. The first-order chi connectivity index (χ1) is 8.09. The molecule has 0 aliphatic carbocycles. The molecule has 1 rings (SSSR count). The Balaban J connectivity index is 2.60. The summed E-state index contributed by atoms with van der Waals surface area (Å²) in [4.78, 5) is 0. The zero-order chi connectivity index (χ0) is 12.7. The van der Waals surface area contributed by atoms with Crippen LogP contribution in [0.2, 0.25) is 0 Å². The largest absolute Gasteiger partial charge is 0.375 e. The molecule has 0 aliphatic rings. The summed E-state index contributed by atoms with van der Waals surface area (Å²) < 4.78 is 32.9. The molecule has 0 amide bonds. The molecule has 0 saturated carbocycles. The van der Waals surface area contributed by atoms with Crippen molar-refractivity contribution in [3.8, 4) is 0 Å². The van der Waals surface area contributed by atoms with Crippen LogP contribution in [0.3, 0.4) is 0 Å². The summed E-state index contributed by atoms with van der Waals surface area (Å²) in [5.41, 5.74) is 0.939. The number of hydrogen-bond acceptors (Lipinski definition) is 3. The Kier molecular flexibility index (Phi) is 5.57. The lowest BCUT2D eigenvalue weighted by atomic mass is 10.1. The van der Waals surface area contributed by atoms with Crippen molar-refractivity contribution in [3.63, 3.8) is 0 Å². The van der Waals surface area contributed by atoms with Gasteiger partial charge >= 0.3 is 0 Å². The Bertz CT molecular complexity index is 420. The lowest BCUT2D eigenvalue weighted by molar-refractivity contribution is 0.107. The summed E-state index contributed by atoms with van der Waals surface area (Å²) >= 11 is 0. The van der Waals surface area contributed by atoms with Crippen molar-refractivity contribution in [1.29, 1.82) is 0 Å². The fourth-order valence-electron chi connectivity index (χ4n) is 1.43. The van der Waals surface area contributed by atoms with Gasteiger partial charge in [-0.2, -0.15) is 13.1 Å². The van der Waals surface area contributed by atoms with Gasteiger partial charge in [0, 0.05) is 20.2 Å². The summed E-state index contributed by atoms with van der Waals surface area (Å²) in [6.45, 7) is 2.29. The van der Waals surface area contributed by atoms with Gasteiger partial charge < -0.3 is 4.74 Å². The smallest absolute Gasteiger partial charge is 0.276 e. The van der Waals surface area contributed by atoms with Gasteiger partial charge in [-0.15, -0.1) is 0 Å². The maximum Gasteiger partial charge on any atom is 0.276 e. The highest BCUT2D eigenvalue weighted by atomic mass is 32.2. The van der Waals surface area contributed by atoms with Crippen molar-refractivity contribution in [2.45, 2.75) is 13.0 Å². The first-order valence-corrected chi connectivity index (χ1v) is 6.89. The lowest BCUT2D eigenvalue weighted by Crippen LogP contribution is -2.38. The summed E-state index contributed by atoms with van der Waals surface area (Å²) in [6.07, 6.45) is -0.287. The van der Waals surface area contributed by atoms with Gasteiger partial charge in [0.05, 0.1) is 6.10 Å². The third-order valence-corrected chi connectivity index (χ3v) is 3.46. The van der Waals surface area contributed by atoms with Crippen LogP contribution in [-0.4, -0.2) is 28.6 Å². The van der Waals surface area contributed by atoms with E-state index in [-0.39, 0.29) is 12.6 Å². The van der Waals surface area contributed by atoms with Crippen molar-refractivity contribution < 1.29 is 13.2 Å². The molecule has 0 aromatic heterocycles. The van der Waals surface area contributed by atoms with Crippen molar-refractivity contribution >= 4 is 10.2 Å². The van der Waals surface area contributed by atoms with E-state index in [4.69, 9.17) is 4.74 Å². The summed E-state index contributed by atoms with van der Waals surface area (Å²) in [7, 11) is -1.87. The average Bonchev–Trinajstić information content (AvgIpc) is 2.31. The lowest BCUT2D eigenvalue weighted by Gasteiger charge is -2.16. The van der Waals surface area contributed by atoms with Crippen LogP contribution in [0.15, 0.2) is 30.3 Å². The highest BCUT2D eigenvalue weighted by Crippen LogP contribution is 2.14. The highest BCUT2D eigenvalue weighted by Gasteiger charge is 2.14. The van der Waals surface area contributed by atoms with E-state index in [0.717, 1.165) is 5.56 Å². The zero-order valence-electron chi connectivity index (χ0n) is 10.0. The predicted octanol–water partition coefficient (Wildman–Crippen LogP) is 0.818. The molecule has 0 fully saturated rings. The molecule has 0 unspecified atom stereocenters. The van der Waals surface area contributed by atoms with Gasteiger partial charge in [0.25, 0.3) is 10.2 Å². The fourth-order valence-corrected chi connectivity index (χ4v) is 2.28. The molecular weight excluding hydrogens is 240 g/mol. The molecule has 0 heterocycles. The molecule has 6 heteroatoms. The van der Waals surface area contributed by atoms with Crippen molar-refractivity contribution in [1.82, 2.24) is 9.44 Å². The van der Waals surface area contributed by atoms with Crippen LogP contribution in [0.5, 0.6) is 0 Å². The van der Waals surface area contributed by atoms with E-state index in [0.29, 0.717) is 6.54 Å². The van der Waals surface area contributed by atoms with E-state index >= 15 is 0 Å². The average molecular weight is 258 g/mol. The molecule has 17 heavy (non-hydrogen) atoms. The first-order valence-electron chi connectivity index (χ1n) is 5.41. The van der Waals surface area contributed by atoms with Gasteiger partial charge in [-0.05, 0) is 5.56 Å². The maximum absolute atomic E-state index is 11.4. The SMILES string of the molecule is CCNS(=O)(=O)NC[C@@H](OC)c1ccccc1. The standard InChI is InChI=1S/C11H18N2O3S/c1-3-12-17(14,15)13-9-11(16-2)10-7-5-4-6-8-10/h4-8,11-13H,3,9H2,1-2H3/t11-/m1/s1. The number of methoxy groups -OCH3 is 1. The number of benzene rings is 1. The van der Waals surface area contributed by atoms with Crippen LogP contribution < -0.4 is 9.44 Å². The van der Waals surface area contributed by atoms with Gasteiger partial charge in [-0.3, -0.25) is 0 Å². The Morgan fingerprint density at radius 2 is 1.88 bits per heavy atom. The van der Waals surface area contributed by atoms with Crippen LogP contribution in [0.1, 0.15) is 18.6 Å². The molecule has 1 aromatic rings. The van der Waals surface area contributed by atoms with Gasteiger partial charge in [0.2, 0.25) is 0 Å². The van der Waals surface area contributed by atoms with Crippen molar-refractivity contribution in [3.05, 3.63) is 35.9 Å². The Morgan fingerprint density at radius 3 is 2.41 bits per heavy atom. The minimum absolute atomic E-state index is 0.204. The predicted molar refractivity (Wildman–Crippen MR) is 66.8 cm³/mol. The summed E-state index contributed by atoms with van der Waals surface area (Å²) in [5, 5.41) is 0. The topological polar surface area (TPSA) is 67.4 Å². The molecule has 0 saturated heterocycles. The molecule has 0 bridgehead atoms. The van der Waals surface area contributed by atoms with E-state index in [1.807, 2.05) is 30.3 Å². The molecule has 1 aromatic carbocycles. The monoisotopic (exact) mass is 258 g/mol. The van der Waals surface area contributed by atoms with Crippen LogP contribution in [-0.2, 0) is 14.9 Å². The van der Waals surface area contributed by atoms with Crippen LogP contribution in [0.4, 0.5) is 0 Å². The fraction of sp³-hybridized carbons (Fsp3) is 0.455. The molecule has 2 N–H and O–H groups in total. The second-order valence-electron chi connectivity index (χ2n) is 3.48. The molecule has 1 atom stereocenters. The second-order valence-corrected chi connectivity index (χ2v) is 5.07. The zero-order valence-corrected chi connectivity index (χ0v) is 10.8. The highest BCUT2D eigenvalue weighted by molar-refractivity contribution is 7.87. The Labute approximate surface area is 102 Å². The number of hydrogen-bond donors (Lipinski definition) is 2. The van der Waals surface area contributed by atoms with E-state index in [9.17, 15) is 8.42 Å². The van der Waals surface area contributed by atoms with Gasteiger partial charge in [0.1, 0.15) is 0 Å². The Morgan fingerprint density at radius 1 is 1.24 bits per heavy atom. The van der Waals surface area contributed by atoms with Gasteiger partial charge in [-0.1, -0.05) is 37.3 Å². The number of nitrogens with one attached hydrogen (secondary N) is 2. The van der Waals surface area contributed by atoms with Crippen molar-refractivity contribution in [2.75, 3.05) is 20.2 Å². The van der Waals surface area contributed by atoms with Crippen LogP contribution in [0.25, 0.3) is 0 Å².